The number of amides is 2. The smallest absolute Gasteiger partial charge is 0.408 e. The van der Waals surface area contributed by atoms with E-state index in [-0.39, 0.29) is 17.9 Å². The third-order valence-electron chi connectivity index (χ3n) is 4.42. The molecular weight excluding hydrogens is 308 g/mol. The number of carbonyl (C=O) groups excluding carboxylic acids is 3. The number of ether oxygens (including phenoxy) is 1. The van der Waals surface area contributed by atoms with E-state index in [1.807, 2.05) is 34.6 Å². The van der Waals surface area contributed by atoms with Gasteiger partial charge in [-0.15, -0.1) is 0 Å². The van der Waals surface area contributed by atoms with Crippen LogP contribution >= 0.6 is 0 Å². The Kier molecular flexibility index (Phi) is 6.06. The predicted octanol–water partition coefficient (Wildman–Crippen LogP) is 2.75. The minimum atomic E-state index is -0.762. The number of hydrogen-bond acceptors (Lipinski definition) is 4. The average Bonchev–Trinajstić information content (AvgIpc) is 2.67. The lowest BCUT2D eigenvalue weighted by atomic mass is 9.85. The van der Waals surface area contributed by atoms with Crippen LogP contribution in [0.3, 0.4) is 0 Å². The molecule has 0 aromatic heterocycles. The molecule has 0 radical (unpaired) electrons. The van der Waals surface area contributed by atoms with Crippen molar-refractivity contribution in [3.05, 3.63) is 0 Å². The Morgan fingerprint density at radius 1 is 1.17 bits per heavy atom. The summed E-state index contributed by atoms with van der Waals surface area (Å²) in [5.41, 5.74) is -1.15. The van der Waals surface area contributed by atoms with Crippen LogP contribution in [0.15, 0.2) is 0 Å². The summed E-state index contributed by atoms with van der Waals surface area (Å²) in [5, 5.41) is 2.70. The van der Waals surface area contributed by atoms with Gasteiger partial charge in [-0.05, 0) is 45.4 Å². The summed E-state index contributed by atoms with van der Waals surface area (Å²) in [6.45, 7) is 14.9. The van der Waals surface area contributed by atoms with E-state index in [4.69, 9.17) is 4.74 Å². The Hall–Kier alpha value is -1.59. The van der Waals surface area contributed by atoms with Gasteiger partial charge in [0.15, 0.2) is 0 Å². The van der Waals surface area contributed by atoms with Crippen LogP contribution in [-0.2, 0) is 14.3 Å². The third-order valence-corrected chi connectivity index (χ3v) is 4.42. The van der Waals surface area contributed by atoms with Crippen LogP contribution in [0.25, 0.3) is 0 Å². The molecule has 2 amide bonds. The number of aldehydes is 1. The van der Waals surface area contributed by atoms with Gasteiger partial charge >= 0.3 is 6.09 Å². The number of rotatable bonds is 3. The lowest BCUT2D eigenvalue weighted by molar-refractivity contribution is -0.141. The number of nitrogens with zero attached hydrogens (tertiary/aromatic N) is 1. The standard InChI is InChI=1S/C18H32N2O4/c1-11-9-13(10-21)20(12(11)2)15(22)14(17(3,4)5)19-16(23)24-18(6,7)8/h10-14H,9H2,1-8H3,(H,19,23)/t11-,12-,13-,14+/m0/s1. The van der Waals surface area contributed by atoms with Crippen LogP contribution in [-0.4, -0.2) is 46.9 Å². The van der Waals surface area contributed by atoms with Crippen LogP contribution in [0, 0.1) is 11.3 Å². The molecular formula is C18H32N2O4. The normalized spacial score (nSPS) is 26.0. The fourth-order valence-corrected chi connectivity index (χ4v) is 2.98. The topological polar surface area (TPSA) is 75.7 Å². The largest absolute Gasteiger partial charge is 0.444 e. The van der Waals surface area contributed by atoms with E-state index in [2.05, 4.69) is 5.32 Å². The van der Waals surface area contributed by atoms with E-state index >= 15 is 0 Å². The summed E-state index contributed by atoms with van der Waals surface area (Å²) in [5.74, 6) is 0.00797. The molecule has 6 heteroatoms. The molecule has 1 rings (SSSR count). The third kappa shape index (κ3) is 4.95. The van der Waals surface area contributed by atoms with E-state index < -0.39 is 29.2 Å². The van der Waals surface area contributed by atoms with Crippen molar-refractivity contribution in [2.75, 3.05) is 0 Å². The molecule has 1 heterocycles. The first kappa shape index (κ1) is 20.5. The molecule has 1 saturated heterocycles. The highest BCUT2D eigenvalue weighted by Crippen LogP contribution is 2.32. The zero-order valence-electron chi connectivity index (χ0n) is 16.2. The molecule has 0 saturated carbocycles. The van der Waals surface area contributed by atoms with Gasteiger partial charge in [0, 0.05) is 6.04 Å². The van der Waals surface area contributed by atoms with Gasteiger partial charge in [0.05, 0.1) is 6.04 Å². The summed E-state index contributed by atoms with van der Waals surface area (Å²) >= 11 is 0. The summed E-state index contributed by atoms with van der Waals surface area (Å²) < 4.78 is 5.29. The minimum Gasteiger partial charge on any atom is -0.444 e. The molecule has 1 aliphatic rings. The monoisotopic (exact) mass is 340 g/mol. The summed E-state index contributed by atoms with van der Waals surface area (Å²) in [6.07, 6.45) is 0.850. The molecule has 0 spiro atoms. The molecule has 0 aromatic rings. The molecule has 0 aromatic carbocycles. The maximum atomic E-state index is 13.1. The van der Waals surface area contributed by atoms with Crippen molar-refractivity contribution in [1.82, 2.24) is 10.2 Å². The van der Waals surface area contributed by atoms with Crippen LogP contribution in [0.5, 0.6) is 0 Å². The summed E-state index contributed by atoms with van der Waals surface area (Å²) in [6, 6.07) is -1.24. The Morgan fingerprint density at radius 3 is 2.12 bits per heavy atom. The Labute approximate surface area is 145 Å². The van der Waals surface area contributed by atoms with E-state index in [0.29, 0.717) is 6.42 Å². The van der Waals surface area contributed by atoms with Crippen molar-refractivity contribution in [3.8, 4) is 0 Å². The SMILES string of the molecule is C[C@H]1C[C@@H](C=O)N(C(=O)[C@@H](NC(=O)OC(C)(C)C)C(C)(C)C)[C@H]1C. The van der Waals surface area contributed by atoms with Crippen LogP contribution in [0.1, 0.15) is 61.8 Å². The minimum absolute atomic E-state index is 0.0435. The first-order chi connectivity index (χ1) is 10.8. The zero-order valence-corrected chi connectivity index (χ0v) is 16.2. The fraction of sp³-hybridized carbons (Fsp3) is 0.833. The van der Waals surface area contributed by atoms with Crippen LogP contribution in [0.4, 0.5) is 4.79 Å². The van der Waals surface area contributed by atoms with Crippen molar-refractivity contribution >= 4 is 18.3 Å². The molecule has 0 bridgehead atoms. The molecule has 24 heavy (non-hydrogen) atoms. The van der Waals surface area contributed by atoms with Gasteiger partial charge in [-0.2, -0.15) is 0 Å². The van der Waals surface area contributed by atoms with Crippen LogP contribution < -0.4 is 5.32 Å². The highest BCUT2D eigenvalue weighted by Gasteiger charge is 2.45. The lowest BCUT2D eigenvalue weighted by Crippen LogP contribution is -2.58. The molecule has 0 aliphatic carbocycles. The maximum absolute atomic E-state index is 13.1. The zero-order chi connectivity index (χ0) is 18.9. The maximum Gasteiger partial charge on any atom is 0.408 e. The highest BCUT2D eigenvalue weighted by molar-refractivity contribution is 5.89. The second-order valence-electron chi connectivity index (χ2n) is 8.85. The quantitative estimate of drug-likeness (QED) is 0.802. The number of carbonyl (C=O) groups is 3. The number of alkyl carbamates (subject to hydrolysis) is 1. The van der Waals surface area contributed by atoms with Gasteiger partial charge in [-0.3, -0.25) is 4.79 Å². The van der Waals surface area contributed by atoms with Gasteiger partial charge in [0.25, 0.3) is 0 Å². The number of hydrogen-bond donors (Lipinski definition) is 1. The molecule has 138 valence electrons. The predicted molar refractivity (Wildman–Crippen MR) is 92.6 cm³/mol. The molecule has 1 fully saturated rings. The van der Waals surface area contributed by atoms with E-state index in [0.717, 1.165) is 6.29 Å². The van der Waals surface area contributed by atoms with Crippen molar-refractivity contribution in [3.63, 3.8) is 0 Å². The second-order valence-corrected chi connectivity index (χ2v) is 8.85. The first-order valence-corrected chi connectivity index (χ1v) is 8.55. The highest BCUT2D eigenvalue weighted by atomic mass is 16.6. The van der Waals surface area contributed by atoms with E-state index in [1.54, 1.807) is 25.7 Å². The first-order valence-electron chi connectivity index (χ1n) is 8.55. The van der Waals surface area contributed by atoms with Crippen molar-refractivity contribution in [2.45, 2.75) is 85.5 Å². The Morgan fingerprint density at radius 2 is 1.71 bits per heavy atom. The van der Waals surface area contributed by atoms with E-state index in [1.165, 1.54) is 0 Å². The van der Waals surface area contributed by atoms with Crippen molar-refractivity contribution < 1.29 is 19.1 Å². The molecule has 1 N–H and O–H groups in total. The number of likely N-dealkylation sites (tertiary alicyclic amines) is 1. The fourth-order valence-electron chi connectivity index (χ4n) is 2.98. The van der Waals surface area contributed by atoms with Crippen molar-refractivity contribution in [1.29, 1.82) is 0 Å². The number of nitrogens with one attached hydrogen (secondary N) is 1. The second kappa shape index (κ2) is 7.11. The van der Waals surface area contributed by atoms with Gasteiger partial charge in [0.2, 0.25) is 5.91 Å². The van der Waals surface area contributed by atoms with Gasteiger partial charge in [-0.25, -0.2) is 4.79 Å². The van der Waals surface area contributed by atoms with Crippen molar-refractivity contribution in [2.24, 2.45) is 11.3 Å². The molecule has 0 unspecified atom stereocenters. The van der Waals surface area contributed by atoms with Crippen LogP contribution in [0.2, 0.25) is 0 Å². The molecule has 1 aliphatic heterocycles. The summed E-state index contributed by atoms with van der Waals surface area (Å²) in [4.78, 5) is 38.3. The van der Waals surface area contributed by atoms with E-state index in [9.17, 15) is 14.4 Å². The lowest BCUT2D eigenvalue weighted by Gasteiger charge is -2.37. The average molecular weight is 340 g/mol. The van der Waals surface area contributed by atoms with Gasteiger partial charge < -0.3 is 19.7 Å². The Bertz CT molecular complexity index is 490. The molecule has 6 nitrogen and oxygen atoms in total. The summed E-state index contributed by atoms with van der Waals surface area (Å²) in [7, 11) is 0. The van der Waals surface area contributed by atoms with Gasteiger partial charge in [-0.1, -0.05) is 27.7 Å². The van der Waals surface area contributed by atoms with Gasteiger partial charge in [0.1, 0.15) is 17.9 Å². The Balaban J connectivity index is 3.02. The molecule has 4 atom stereocenters.